The van der Waals surface area contributed by atoms with E-state index in [0.29, 0.717) is 12.6 Å². The Morgan fingerprint density at radius 2 is 2.05 bits per heavy atom. The quantitative estimate of drug-likeness (QED) is 0.928. The smallest absolute Gasteiger partial charge is 0.151 e. The van der Waals surface area contributed by atoms with E-state index >= 15 is 0 Å². The van der Waals surface area contributed by atoms with Crippen LogP contribution in [-0.4, -0.2) is 29.3 Å². The third-order valence-electron chi connectivity index (χ3n) is 4.01. The van der Waals surface area contributed by atoms with E-state index in [1.54, 1.807) is 0 Å². The highest BCUT2D eigenvalue weighted by molar-refractivity contribution is 5.63. The number of nitrogens with zero attached hydrogens (tertiary/aromatic N) is 3. The lowest BCUT2D eigenvalue weighted by Gasteiger charge is -2.23. The Kier molecular flexibility index (Phi) is 3.65. The van der Waals surface area contributed by atoms with Crippen molar-refractivity contribution in [2.45, 2.75) is 25.8 Å². The molecule has 0 aliphatic carbocycles. The van der Waals surface area contributed by atoms with Crippen LogP contribution >= 0.6 is 0 Å². The first-order chi connectivity index (χ1) is 9.79. The molecule has 1 unspecified atom stereocenters. The highest BCUT2D eigenvalue weighted by Gasteiger charge is 2.24. The van der Waals surface area contributed by atoms with Crippen LogP contribution in [0, 0.1) is 6.92 Å². The Morgan fingerprint density at radius 1 is 1.20 bits per heavy atom. The first-order valence-corrected chi connectivity index (χ1v) is 7.16. The molecule has 0 saturated carbocycles. The minimum atomic E-state index is 0.411. The number of nitrogens with two attached hydrogens (primary N) is 1. The molecule has 4 nitrogen and oxygen atoms in total. The summed E-state index contributed by atoms with van der Waals surface area (Å²) in [6, 6.07) is 12.8. The van der Waals surface area contributed by atoms with E-state index in [1.807, 2.05) is 12.1 Å². The van der Waals surface area contributed by atoms with Gasteiger partial charge in [-0.2, -0.15) is 0 Å². The van der Waals surface area contributed by atoms with Gasteiger partial charge in [-0.3, -0.25) is 0 Å². The molecular weight excluding hydrogens is 248 g/mol. The van der Waals surface area contributed by atoms with Gasteiger partial charge in [0.2, 0.25) is 0 Å². The fourth-order valence-electron chi connectivity index (χ4n) is 2.86. The summed E-state index contributed by atoms with van der Waals surface area (Å²) >= 11 is 0. The average molecular weight is 268 g/mol. The molecule has 1 fully saturated rings. The largest absolute Gasteiger partial charge is 0.351 e. The monoisotopic (exact) mass is 268 g/mol. The SMILES string of the molecule is Cc1ccccc1-c1ccc(N2CCCC2CN)nn1. The van der Waals surface area contributed by atoms with E-state index in [0.717, 1.165) is 30.0 Å². The number of rotatable bonds is 3. The summed E-state index contributed by atoms with van der Waals surface area (Å²) in [6.07, 6.45) is 2.33. The van der Waals surface area contributed by atoms with E-state index in [1.165, 1.54) is 12.0 Å². The van der Waals surface area contributed by atoms with Gasteiger partial charge in [0.1, 0.15) is 0 Å². The second kappa shape index (κ2) is 5.59. The topological polar surface area (TPSA) is 55.0 Å². The molecule has 1 aliphatic heterocycles. The molecule has 2 heterocycles. The molecule has 0 spiro atoms. The van der Waals surface area contributed by atoms with E-state index in [9.17, 15) is 0 Å². The lowest BCUT2D eigenvalue weighted by Crippen LogP contribution is -2.36. The Balaban J connectivity index is 1.87. The molecular formula is C16H20N4. The van der Waals surface area contributed by atoms with Crippen LogP contribution in [0.2, 0.25) is 0 Å². The molecule has 1 aromatic heterocycles. The normalized spacial score (nSPS) is 18.5. The van der Waals surface area contributed by atoms with Gasteiger partial charge in [-0.05, 0) is 37.5 Å². The van der Waals surface area contributed by atoms with Crippen LogP contribution in [0.3, 0.4) is 0 Å². The number of aromatic nitrogens is 2. The molecule has 20 heavy (non-hydrogen) atoms. The number of anilines is 1. The van der Waals surface area contributed by atoms with Crippen LogP contribution in [0.4, 0.5) is 5.82 Å². The zero-order valence-electron chi connectivity index (χ0n) is 11.8. The molecule has 2 N–H and O–H groups in total. The highest BCUT2D eigenvalue weighted by Crippen LogP contribution is 2.25. The molecule has 1 atom stereocenters. The predicted octanol–water partition coefficient (Wildman–Crippen LogP) is 2.38. The third kappa shape index (κ3) is 2.39. The van der Waals surface area contributed by atoms with Crippen LogP contribution in [0.25, 0.3) is 11.3 Å². The molecule has 0 bridgehead atoms. The second-order valence-corrected chi connectivity index (χ2v) is 5.32. The molecule has 0 amide bonds. The number of benzene rings is 1. The van der Waals surface area contributed by atoms with Crippen molar-refractivity contribution < 1.29 is 0 Å². The maximum Gasteiger partial charge on any atom is 0.151 e. The summed E-state index contributed by atoms with van der Waals surface area (Å²) in [5.41, 5.74) is 9.10. The van der Waals surface area contributed by atoms with Gasteiger partial charge in [-0.1, -0.05) is 24.3 Å². The second-order valence-electron chi connectivity index (χ2n) is 5.32. The Bertz CT molecular complexity index is 579. The van der Waals surface area contributed by atoms with E-state index in [4.69, 9.17) is 5.73 Å². The maximum absolute atomic E-state index is 5.81. The average Bonchev–Trinajstić information content (AvgIpc) is 2.96. The van der Waals surface area contributed by atoms with Gasteiger partial charge in [-0.15, -0.1) is 10.2 Å². The fourth-order valence-corrected chi connectivity index (χ4v) is 2.86. The van der Waals surface area contributed by atoms with Crippen LogP contribution in [-0.2, 0) is 0 Å². The van der Waals surface area contributed by atoms with Gasteiger partial charge < -0.3 is 10.6 Å². The van der Waals surface area contributed by atoms with Crippen molar-refractivity contribution in [3.8, 4) is 11.3 Å². The first-order valence-electron chi connectivity index (χ1n) is 7.16. The summed E-state index contributed by atoms with van der Waals surface area (Å²) in [5, 5.41) is 8.79. The zero-order chi connectivity index (χ0) is 13.9. The lowest BCUT2D eigenvalue weighted by molar-refractivity contribution is 0.668. The fraction of sp³-hybridized carbons (Fsp3) is 0.375. The molecule has 1 aliphatic rings. The van der Waals surface area contributed by atoms with Crippen LogP contribution < -0.4 is 10.6 Å². The third-order valence-corrected chi connectivity index (χ3v) is 4.01. The van der Waals surface area contributed by atoms with Gasteiger partial charge in [0.15, 0.2) is 5.82 Å². The minimum Gasteiger partial charge on any atom is -0.351 e. The van der Waals surface area contributed by atoms with Crippen LogP contribution in [0.1, 0.15) is 18.4 Å². The van der Waals surface area contributed by atoms with Crippen molar-refractivity contribution in [1.29, 1.82) is 0 Å². The minimum absolute atomic E-state index is 0.411. The molecule has 1 saturated heterocycles. The number of hydrogen-bond donors (Lipinski definition) is 1. The van der Waals surface area contributed by atoms with E-state index < -0.39 is 0 Å². The highest BCUT2D eigenvalue weighted by atomic mass is 15.3. The Hall–Kier alpha value is -1.94. The Morgan fingerprint density at radius 3 is 2.75 bits per heavy atom. The van der Waals surface area contributed by atoms with Crippen molar-refractivity contribution in [3.05, 3.63) is 42.0 Å². The summed E-state index contributed by atoms with van der Waals surface area (Å²) in [7, 11) is 0. The summed E-state index contributed by atoms with van der Waals surface area (Å²) in [6.45, 7) is 3.80. The van der Waals surface area contributed by atoms with Gasteiger partial charge in [0.05, 0.1) is 5.69 Å². The van der Waals surface area contributed by atoms with Gasteiger partial charge in [0.25, 0.3) is 0 Å². The molecule has 3 rings (SSSR count). The standard InChI is InChI=1S/C16H20N4/c1-12-5-2-3-7-14(12)15-8-9-16(19-18-15)20-10-4-6-13(20)11-17/h2-3,5,7-9,13H,4,6,10-11,17H2,1H3. The van der Waals surface area contributed by atoms with Crippen molar-refractivity contribution in [3.63, 3.8) is 0 Å². The number of hydrogen-bond acceptors (Lipinski definition) is 4. The number of aryl methyl sites for hydroxylation is 1. The van der Waals surface area contributed by atoms with Crippen molar-refractivity contribution in [2.24, 2.45) is 5.73 Å². The van der Waals surface area contributed by atoms with E-state index in [2.05, 4.69) is 46.3 Å². The molecule has 104 valence electrons. The van der Waals surface area contributed by atoms with E-state index in [-0.39, 0.29) is 0 Å². The summed E-state index contributed by atoms with van der Waals surface area (Å²) in [4.78, 5) is 2.27. The lowest BCUT2D eigenvalue weighted by atomic mass is 10.1. The van der Waals surface area contributed by atoms with Crippen LogP contribution in [0.5, 0.6) is 0 Å². The van der Waals surface area contributed by atoms with Gasteiger partial charge in [0, 0.05) is 24.7 Å². The van der Waals surface area contributed by atoms with Crippen molar-refractivity contribution in [1.82, 2.24) is 10.2 Å². The Labute approximate surface area is 119 Å². The molecule has 1 aromatic carbocycles. The van der Waals surface area contributed by atoms with Crippen molar-refractivity contribution >= 4 is 5.82 Å². The van der Waals surface area contributed by atoms with Gasteiger partial charge in [-0.25, -0.2) is 0 Å². The maximum atomic E-state index is 5.81. The molecule has 2 aromatic rings. The summed E-state index contributed by atoms with van der Waals surface area (Å²) in [5.74, 6) is 0.940. The van der Waals surface area contributed by atoms with Gasteiger partial charge >= 0.3 is 0 Å². The molecule has 0 radical (unpaired) electrons. The first kappa shape index (κ1) is 13.1. The summed E-state index contributed by atoms with van der Waals surface area (Å²) < 4.78 is 0. The van der Waals surface area contributed by atoms with Crippen molar-refractivity contribution in [2.75, 3.05) is 18.0 Å². The predicted molar refractivity (Wildman–Crippen MR) is 81.6 cm³/mol. The van der Waals surface area contributed by atoms with Crippen LogP contribution in [0.15, 0.2) is 36.4 Å². The zero-order valence-corrected chi connectivity index (χ0v) is 11.8. The molecule has 4 heteroatoms.